The highest BCUT2D eigenvalue weighted by Gasteiger charge is 2.24. The second-order valence-corrected chi connectivity index (χ2v) is 10.7. The van der Waals surface area contributed by atoms with Crippen LogP contribution < -0.4 is 18.9 Å². The van der Waals surface area contributed by atoms with Gasteiger partial charge in [-0.1, -0.05) is 50.0 Å². The van der Waals surface area contributed by atoms with E-state index in [0.29, 0.717) is 22.4 Å². The lowest BCUT2D eigenvalue weighted by Crippen LogP contribution is -2.13. The minimum atomic E-state index is -0.757. The molecule has 50 heavy (non-hydrogen) atoms. The molecule has 0 aromatic heterocycles. The van der Waals surface area contributed by atoms with Gasteiger partial charge in [0.1, 0.15) is 17.4 Å². The second kappa shape index (κ2) is 17.2. The summed E-state index contributed by atoms with van der Waals surface area (Å²) in [7, 11) is 1.33. The molecule has 0 saturated heterocycles. The zero-order valence-electron chi connectivity index (χ0n) is 28.2. The predicted octanol–water partition coefficient (Wildman–Crippen LogP) is 6.37. The summed E-state index contributed by atoms with van der Waals surface area (Å²) in [6, 6.07) is 14.5. The van der Waals surface area contributed by atoms with Crippen molar-refractivity contribution < 1.29 is 42.9 Å². The summed E-state index contributed by atoms with van der Waals surface area (Å²) in [6.45, 7) is 20.4. The normalized spacial score (nSPS) is 9.46. The highest BCUT2D eigenvalue weighted by atomic mass is 16.6. The van der Waals surface area contributed by atoms with Crippen LogP contribution in [0.3, 0.4) is 0 Å². The minimum absolute atomic E-state index is 0.0367. The first-order valence-electron chi connectivity index (χ1n) is 14.7. The first kappa shape index (κ1) is 37.4. The number of hydrogen-bond acceptors (Lipinski definition) is 9. The van der Waals surface area contributed by atoms with Gasteiger partial charge in [0.2, 0.25) is 0 Å². The number of hydrogen-bond donors (Lipinski definition) is 0. The van der Waals surface area contributed by atoms with Gasteiger partial charge in [-0.25, -0.2) is 19.2 Å². The van der Waals surface area contributed by atoms with E-state index in [4.69, 9.17) is 23.7 Å². The molecule has 0 N–H and O–H groups in total. The van der Waals surface area contributed by atoms with E-state index in [2.05, 4.69) is 62.0 Å². The molecule has 0 aliphatic carbocycles. The van der Waals surface area contributed by atoms with E-state index in [1.807, 2.05) is 0 Å². The number of ether oxygens (including phenoxy) is 5. The SMILES string of the molecule is C=C(C)C(=O)OC#Cc1ccc(C#Cc2cc(OC(=O)C(=C)C)c(C#Cc3ccc(OC(=O)C(=C)C)cc3)c(OC)c2OC(=O)C(=C)C)cc1. The van der Waals surface area contributed by atoms with Gasteiger partial charge in [0.15, 0.2) is 17.2 Å². The second-order valence-electron chi connectivity index (χ2n) is 10.7. The van der Waals surface area contributed by atoms with Crippen LogP contribution in [0.15, 0.2) is 103 Å². The van der Waals surface area contributed by atoms with Crippen LogP contribution in [-0.4, -0.2) is 31.0 Å². The van der Waals surface area contributed by atoms with Gasteiger partial charge in [-0.2, -0.15) is 0 Å². The maximum absolute atomic E-state index is 12.8. The molecule has 0 aliphatic heterocycles. The number of esters is 4. The molecule has 3 aromatic carbocycles. The van der Waals surface area contributed by atoms with Crippen molar-refractivity contribution in [2.75, 3.05) is 7.11 Å². The van der Waals surface area contributed by atoms with Crippen molar-refractivity contribution in [3.8, 4) is 58.7 Å². The molecule has 0 atom stereocenters. The van der Waals surface area contributed by atoms with Crippen LogP contribution in [0.1, 0.15) is 55.5 Å². The Hall–Kier alpha value is -7.02. The first-order chi connectivity index (χ1) is 23.7. The lowest BCUT2D eigenvalue weighted by Gasteiger charge is -2.16. The minimum Gasteiger partial charge on any atom is -0.491 e. The fourth-order valence-electron chi connectivity index (χ4n) is 3.50. The monoisotopic (exact) mass is 668 g/mol. The Morgan fingerprint density at radius 3 is 1.52 bits per heavy atom. The summed E-state index contributed by atoms with van der Waals surface area (Å²) >= 11 is 0. The number of methoxy groups -OCH3 is 1. The van der Waals surface area contributed by atoms with Crippen molar-refractivity contribution in [3.63, 3.8) is 0 Å². The summed E-state index contributed by atoms with van der Waals surface area (Å²) in [5.41, 5.74) is 2.51. The van der Waals surface area contributed by atoms with Crippen LogP contribution in [-0.2, 0) is 23.9 Å². The summed E-state index contributed by atoms with van der Waals surface area (Å²) < 4.78 is 27.0. The molecule has 3 aromatic rings. The molecule has 0 fully saturated rings. The third-order valence-corrected chi connectivity index (χ3v) is 6.16. The van der Waals surface area contributed by atoms with Crippen LogP contribution in [0.25, 0.3) is 0 Å². The van der Waals surface area contributed by atoms with E-state index in [0.717, 1.165) is 0 Å². The van der Waals surface area contributed by atoms with Crippen molar-refractivity contribution in [1.29, 1.82) is 0 Å². The third kappa shape index (κ3) is 10.5. The molecule has 9 heteroatoms. The summed E-state index contributed by atoms with van der Waals surface area (Å²) in [6.07, 6.45) is 2.33. The van der Waals surface area contributed by atoms with E-state index < -0.39 is 23.9 Å². The van der Waals surface area contributed by atoms with Crippen molar-refractivity contribution in [2.45, 2.75) is 27.7 Å². The van der Waals surface area contributed by atoms with E-state index in [1.54, 1.807) is 48.5 Å². The Balaban J connectivity index is 2.14. The van der Waals surface area contributed by atoms with Crippen LogP contribution in [0, 0.1) is 35.7 Å². The van der Waals surface area contributed by atoms with E-state index in [-0.39, 0.29) is 50.7 Å². The molecule has 3 rings (SSSR count). The molecule has 0 amide bonds. The van der Waals surface area contributed by atoms with E-state index >= 15 is 0 Å². The maximum Gasteiger partial charge on any atom is 0.347 e. The first-order valence-corrected chi connectivity index (χ1v) is 14.7. The highest BCUT2D eigenvalue weighted by molar-refractivity contribution is 5.92. The quantitative estimate of drug-likeness (QED) is 0.117. The molecular formula is C41H32O9. The fraction of sp³-hybridized carbons (Fsp3) is 0.122. The van der Waals surface area contributed by atoms with Gasteiger partial charge in [-0.15, -0.1) is 0 Å². The number of carbonyl (C=O) groups is 4. The van der Waals surface area contributed by atoms with E-state index in [1.165, 1.54) is 40.9 Å². The summed E-state index contributed by atoms with van der Waals surface area (Å²) in [5, 5.41) is 0. The molecule has 0 bridgehead atoms. The van der Waals surface area contributed by atoms with Crippen LogP contribution >= 0.6 is 0 Å². The van der Waals surface area contributed by atoms with Crippen molar-refractivity contribution in [2.24, 2.45) is 0 Å². The summed E-state index contributed by atoms with van der Waals surface area (Å²) in [4.78, 5) is 48.8. The van der Waals surface area contributed by atoms with Crippen molar-refractivity contribution in [3.05, 3.63) is 131 Å². The predicted molar refractivity (Wildman–Crippen MR) is 187 cm³/mol. The Morgan fingerprint density at radius 2 is 1.00 bits per heavy atom. The largest absolute Gasteiger partial charge is 0.491 e. The molecule has 0 unspecified atom stereocenters. The van der Waals surface area contributed by atoms with Gasteiger partial charge in [0.25, 0.3) is 0 Å². The van der Waals surface area contributed by atoms with Crippen LogP contribution in [0.5, 0.6) is 23.0 Å². The standard InChI is InChI=1S/C41H32O9/c1-25(2)38(42)47-23-22-31-12-10-29(11-13-31)14-18-32-24-35(49-40(44)27(5)6)34(37(46-9)36(32)50-41(45)28(7)8)21-17-30-15-19-33(20-16-30)48-39(43)26(3)4/h10-13,15-16,19-20,24H,1,3,5,7H2,2,4,6,8-9H3. The Morgan fingerprint density at radius 1 is 0.540 bits per heavy atom. The Bertz CT molecular complexity index is 2110. The third-order valence-electron chi connectivity index (χ3n) is 6.16. The van der Waals surface area contributed by atoms with Gasteiger partial charge in [0.05, 0.1) is 12.7 Å². The number of carbonyl (C=O) groups excluding carboxylic acids is 4. The molecule has 0 radical (unpaired) electrons. The van der Waals surface area contributed by atoms with Gasteiger partial charge in [-0.3, -0.25) is 0 Å². The maximum atomic E-state index is 12.8. The zero-order chi connectivity index (χ0) is 37.0. The van der Waals surface area contributed by atoms with Crippen LogP contribution in [0.2, 0.25) is 0 Å². The number of rotatable bonds is 8. The lowest BCUT2D eigenvalue weighted by atomic mass is 10.1. The Kier molecular flexibility index (Phi) is 12.9. The Labute approximate surface area is 290 Å². The molecular weight excluding hydrogens is 636 g/mol. The lowest BCUT2D eigenvalue weighted by molar-refractivity contribution is -0.132. The topological polar surface area (TPSA) is 114 Å². The van der Waals surface area contributed by atoms with Crippen LogP contribution in [0.4, 0.5) is 0 Å². The van der Waals surface area contributed by atoms with Gasteiger partial charge in [-0.05, 0) is 82.1 Å². The van der Waals surface area contributed by atoms with E-state index in [9.17, 15) is 19.2 Å². The van der Waals surface area contributed by atoms with Gasteiger partial charge >= 0.3 is 23.9 Å². The summed E-state index contributed by atoms with van der Waals surface area (Å²) in [5.74, 6) is 12.0. The van der Waals surface area contributed by atoms with Gasteiger partial charge in [0, 0.05) is 45.0 Å². The van der Waals surface area contributed by atoms with Crippen molar-refractivity contribution >= 4 is 23.9 Å². The highest BCUT2D eigenvalue weighted by Crippen LogP contribution is 2.41. The molecule has 0 saturated carbocycles. The molecule has 0 aliphatic rings. The molecule has 0 heterocycles. The molecule has 9 nitrogen and oxygen atoms in total. The molecule has 250 valence electrons. The smallest absolute Gasteiger partial charge is 0.347 e. The van der Waals surface area contributed by atoms with Gasteiger partial charge < -0.3 is 23.7 Å². The van der Waals surface area contributed by atoms with Crippen molar-refractivity contribution in [1.82, 2.24) is 0 Å². The zero-order valence-corrected chi connectivity index (χ0v) is 28.2. The molecule has 0 spiro atoms. The number of benzene rings is 3. The average molecular weight is 669 g/mol. The average Bonchev–Trinajstić information content (AvgIpc) is 3.08. The fourth-order valence-corrected chi connectivity index (χ4v) is 3.50.